The number of carbonyl (C=O) groups is 4. The van der Waals surface area contributed by atoms with Crippen LogP contribution in [-0.2, 0) is 25.6 Å². The van der Waals surface area contributed by atoms with Crippen LogP contribution < -0.4 is 33.2 Å². The van der Waals surface area contributed by atoms with Gasteiger partial charge in [0.2, 0.25) is 17.7 Å². The molecule has 0 aliphatic rings. The lowest BCUT2D eigenvalue weighted by Gasteiger charge is -2.24. The molecule has 0 saturated carbocycles. The van der Waals surface area contributed by atoms with Gasteiger partial charge in [-0.05, 0) is 36.8 Å². The monoisotopic (exact) mass is 555 g/mol. The van der Waals surface area contributed by atoms with E-state index in [1.807, 2.05) is 6.26 Å². The van der Waals surface area contributed by atoms with E-state index in [4.69, 9.17) is 17.2 Å². The molecule has 0 aliphatic heterocycles. The second kappa shape index (κ2) is 17.5. The summed E-state index contributed by atoms with van der Waals surface area (Å²) in [5.74, 6) is -2.60. The van der Waals surface area contributed by atoms with Gasteiger partial charge in [0.25, 0.3) is 0 Å². The Kier molecular flexibility index (Phi) is 15.1. The zero-order valence-corrected chi connectivity index (χ0v) is 22.5. The summed E-state index contributed by atoms with van der Waals surface area (Å²) in [4.78, 5) is 54.0. The predicted molar refractivity (Wildman–Crippen MR) is 148 cm³/mol. The Morgan fingerprint density at radius 3 is 2.14 bits per heavy atom. The maximum absolute atomic E-state index is 13.0. The average Bonchev–Trinajstić information content (AvgIpc) is 2.87. The third-order valence-electron chi connectivity index (χ3n) is 5.26. The molecule has 10 N–H and O–H groups in total. The third kappa shape index (κ3) is 12.7. The number of hydrogen-bond acceptors (Lipinski definition) is 8. The molecule has 0 bridgehead atoms. The van der Waals surface area contributed by atoms with Crippen LogP contribution in [0.5, 0.6) is 0 Å². The van der Waals surface area contributed by atoms with Crippen LogP contribution in [0.3, 0.4) is 0 Å². The number of nitrogens with zero attached hydrogens (tertiary/aromatic N) is 1. The molecule has 3 amide bonds. The zero-order chi connectivity index (χ0) is 27.8. The van der Waals surface area contributed by atoms with Crippen molar-refractivity contribution in [3.63, 3.8) is 0 Å². The van der Waals surface area contributed by atoms with E-state index in [2.05, 4.69) is 33.6 Å². The number of thiol groups is 1. The van der Waals surface area contributed by atoms with E-state index in [0.29, 0.717) is 18.6 Å². The minimum atomic E-state index is -1.22. The largest absolute Gasteiger partial charge is 0.480 e. The Balaban J connectivity index is 2.89. The van der Waals surface area contributed by atoms with E-state index in [0.717, 1.165) is 5.56 Å². The van der Waals surface area contributed by atoms with Crippen LogP contribution in [0.4, 0.5) is 0 Å². The molecule has 1 aromatic carbocycles. The van der Waals surface area contributed by atoms with Crippen LogP contribution >= 0.6 is 24.4 Å². The van der Waals surface area contributed by atoms with Crippen LogP contribution in [0.15, 0.2) is 35.3 Å². The molecule has 0 heterocycles. The number of guanidine groups is 1. The highest BCUT2D eigenvalue weighted by Gasteiger charge is 2.29. The summed E-state index contributed by atoms with van der Waals surface area (Å²) in [6, 6.07) is 4.65. The smallest absolute Gasteiger partial charge is 0.326 e. The van der Waals surface area contributed by atoms with Gasteiger partial charge in [-0.2, -0.15) is 24.4 Å². The molecule has 0 spiro atoms. The summed E-state index contributed by atoms with van der Waals surface area (Å²) >= 11 is 5.68. The fourth-order valence-corrected chi connectivity index (χ4v) is 3.96. The quantitative estimate of drug-likeness (QED) is 0.0502. The Morgan fingerprint density at radius 2 is 1.57 bits per heavy atom. The van der Waals surface area contributed by atoms with Gasteiger partial charge < -0.3 is 38.3 Å². The van der Waals surface area contributed by atoms with Crippen LogP contribution in [0.2, 0.25) is 0 Å². The fraction of sp³-hybridized carbons (Fsp3) is 0.522. The van der Waals surface area contributed by atoms with E-state index >= 15 is 0 Å². The highest BCUT2D eigenvalue weighted by Crippen LogP contribution is 2.06. The van der Waals surface area contributed by atoms with Gasteiger partial charge in [-0.3, -0.25) is 19.4 Å². The topological polar surface area (TPSA) is 215 Å². The highest BCUT2D eigenvalue weighted by atomic mass is 32.2. The molecule has 0 aromatic heterocycles. The predicted octanol–water partition coefficient (Wildman–Crippen LogP) is -1.17. The van der Waals surface area contributed by atoms with Crippen molar-refractivity contribution in [1.29, 1.82) is 0 Å². The molecule has 14 heteroatoms. The van der Waals surface area contributed by atoms with Crippen molar-refractivity contribution in [1.82, 2.24) is 16.0 Å². The Labute approximate surface area is 226 Å². The normalized spacial score (nSPS) is 13.9. The van der Waals surface area contributed by atoms with Crippen LogP contribution in [0, 0.1) is 0 Å². The summed E-state index contributed by atoms with van der Waals surface area (Å²) in [5, 5.41) is 17.2. The Hall–Kier alpha value is -2.97. The van der Waals surface area contributed by atoms with Crippen LogP contribution in [0.25, 0.3) is 0 Å². The van der Waals surface area contributed by atoms with Gasteiger partial charge in [-0.1, -0.05) is 30.3 Å². The summed E-state index contributed by atoms with van der Waals surface area (Å²) < 4.78 is 0. The molecule has 0 radical (unpaired) electrons. The fourth-order valence-electron chi connectivity index (χ4n) is 3.22. The second-order valence-electron chi connectivity index (χ2n) is 8.23. The van der Waals surface area contributed by atoms with E-state index in [1.54, 1.807) is 42.1 Å². The lowest BCUT2D eigenvalue weighted by atomic mass is 10.1. The first-order valence-electron chi connectivity index (χ1n) is 11.7. The molecule has 1 aromatic rings. The van der Waals surface area contributed by atoms with Crippen LogP contribution in [-0.4, -0.2) is 83.2 Å². The molecule has 0 saturated heterocycles. The number of hydrogen-bond donors (Lipinski definition) is 8. The van der Waals surface area contributed by atoms with Crippen molar-refractivity contribution in [2.24, 2.45) is 22.2 Å². The van der Waals surface area contributed by atoms with Gasteiger partial charge in [-0.25, -0.2) is 4.79 Å². The number of aliphatic imine (C=N–C) groups is 1. The maximum atomic E-state index is 13.0. The van der Waals surface area contributed by atoms with Crippen molar-refractivity contribution in [3.05, 3.63) is 35.9 Å². The standard InChI is InChI=1S/C23H37N7O5S2/c1-37-11-9-15(24)19(31)28-16(8-5-10-27-23(25)26)20(32)30-18(13-36)21(33)29-17(22(34)35)12-14-6-3-2-4-7-14/h2-4,6-7,15-18,36H,5,8-13,24H2,1H3,(H,28,31)(H,29,33)(H,30,32)(H,34,35)(H4,25,26,27). The Morgan fingerprint density at radius 1 is 0.973 bits per heavy atom. The van der Waals surface area contributed by atoms with Crippen molar-refractivity contribution in [2.45, 2.75) is 49.9 Å². The van der Waals surface area contributed by atoms with E-state index in [1.165, 1.54) is 0 Å². The first kappa shape index (κ1) is 32.1. The minimum Gasteiger partial charge on any atom is -0.480 e. The van der Waals surface area contributed by atoms with Gasteiger partial charge in [0.15, 0.2) is 5.96 Å². The summed E-state index contributed by atoms with van der Waals surface area (Å²) in [5.41, 5.74) is 17.3. The molecule has 12 nitrogen and oxygen atoms in total. The molecule has 4 unspecified atom stereocenters. The number of carboxylic acid groups (broad SMARTS) is 1. The zero-order valence-electron chi connectivity index (χ0n) is 20.8. The SMILES string of the molecule is CSCCC(N)C(=O)NC(CCCN=C(N)N)C(=O)NC(CS)C(=O)NC(Cc1ccccc1)C(=O)O. The highest BCUT2D eigenvalue weighted by molar-refractivity contribution is 7.98. The van der Waals surface area contributed by atoms with Gasteiger partial charge >= 0.3 is 5.97 Å². The first-order chi connectivity index (χ1) is 17.6. The number of benzene rings is 1. The molecule has 0 aliphatic carbocycles. The summed E-state index contributed by atoms with van der Waals surface area (Å²) in [6.45, 7) is 0.233. The lowest BCUT2D eigenvalue weighted by Crippen LogP contribution is -2.57. The lowest BCUT2D eigenvalue weighted by molar-refractivity contribution is -0.142. The van der Waals surface area contributed by atoms with Gasteiger partial charge in [0.05, 0.1) is 6.04 Å². The molecule has 206 valence electrons. The van der Waals surface area contributed by atoms with E-state index < -0.39 is 47.9 Å². The molecule has 37 heavy (non-hydrogen) atoms. The van der Waals surface area contributed by atoms with E-state index in [-0.39, 0.29) is 31.1 Å². The number of thioether (sulfide) groups is 1. The molecule has 4 atom stereocenters. The van der Waals surface area contributed by atoms with Crippen molar-refractivity contribution >= 4 is 54.0 Å². The average molecular weight is 556 g/mol. The summed E-state index contributed by atoms with van der Waals surface area (Å²) in [7, 11) is 0. The number of nitrogens with one attached hydrogen (secondary N) is 3. The molecule has 0 fully saturated rings. The van der Waals surface area contributed by atoms with Crippen molar-refractivity contribution in [2.75, 3.05) is 24.3 Å². The maximum Gasteiger partial charge on any atom is 0.326 e. The van der Waals surface area contributed by atoms with Gasteiger partial charge in [0.1, 0.15) is 18.1 Å². The number of carbonyl (C=O) groups excluding carboxylic acids is 3. The van der Waals surface area contributed by atoms with Crippen LogP contribution in [0.1, 0.15) is 24.8 Å². The van der Waals surface area contributed by atoms with Gasteiger partial charge in [0, 0.05) is 18.7 Å². The molecule has 1 rings (SSSR count). The summed E-state index contributed by atoms with van der Waals surface area (Å²) in [6.07, 6.45) is 2.92. The second-order valence-corrected chi connectivity index (χ2v) is 9.58. The van der Waals surface area contributed by atoms with E-state index in [9.17, 15) is 24.3 Å². The third-order valence-corrected chi connectivity index (χ3v) is 6.27. The number of nitrogens with two attached hydrogens (primary N) is 3. The number of carboxylic acids is 1. The Bertz CT molecular complexity index is 916. The minimum absolute atomic E-state index is 0.0621. The number of rotatable bonds is 17. The molecular formula is C23H37N7O5S2. The van der Waals surface area contributed by atoms with Gasteiger partial charge in [-0.15, -0.1) is 0 Å². The van der Waals surface area contributed by atoms with Crippen molar-refractivity contribution in [3.8, 4) is 0 Å². The van der Waals surface area contributed by atoms with Crippen molar-refractivity contribution < 1.29 is 24.3 Å². The first-order valence-corrected chi connectivity index (χ1v) is 13.7. The number of amides is 3. The number of aliphatic carboxylic acids is 1. The molecular weight excluding hydrogens is 518 g/mol.